The number of rotatable bonds is 2. The van der Waals surface area contributed by atoms with Crippen LogP contribution in [0.2, 0.25) is 0 Å². The molecule has 0 aliphatic carbocycles. The summed E-state index contributed by atoms with van der Waals surface area (Å²) < 4.78 is 0. The summed E-state index contributed by atoms with van der Waals surface area (Å²) in [7, 11) is 0. The van der Waals surface area contributed by atoms with Gasteiger partial charge in [0.25, 0.3) is 0 Å². The molecule has 1 aliphatic heterocycles. The molecule has 1 aliphatic rings. The lowest BCUT2D eigenvalue weighted by Gasteiger charge is -2.38. The molecule has 0 bridgehead atoms. The Morgan fingerprint density at radius 1 is 1.24 bits per heavy atom. The first kappa shape index (κ1) is 14.1. The molecule has 0 amide bonds. The highest BCUT2D eigenvalue weighted by Gasteiger charge is 2.26. The van der Waals surface area contributed by atoms with Crippen molar-refractivity contribution in [2.75, 3.05) is 4.90 Å². The quantitative estimate of drug-likeness (QED) is 0.914. The van der Waals surface area contributed by atoms with Gasteiger partial charge >= 0.3 is 0 Å². The van der Waals surface area contributed by atoms with E-state index in [1.807, 2.05) is 0 Å². The molecule has 1 aromatic heterocycles. The Labute approximate surface area is 126 Å². The molecule has 110 valence electrons. The molecule has 3 nitrogen and oxygen atoms in total. The molecular formula is C18H23N3. The minimum Gasteiger partial charge on any atom is -0.338 e. The van der Waals surface area contributed by atoms with Crippen LogP contribution in [0.5, 0.6) is 0 Å². The number of nitrogens with two attached hydrogens (primary N) is 1. The largest absolute Gasteiger partial charge is 0.338 e. The molecule has 2 aromatic rings. The first-order chi connectivity index (χ1) is 10.1. The molecule has 0 saturated carbocycles. The molecule has 2 heterocycles. The Morgan fingerprint density at radius 2 is 2.00 bits per heavy atom. The van der Waals surface area contributed by atoms with Crippen LogP contribution in [0.4, 0.5) is 11.4 Å². The third kappa shape index (κ3) is 2.42. The van der Waals surface area contributed by atoms with Crippen LogP contribution in [0.25, 0.3) is 0 Å². The predicted molar refractivity (Wildman–Crippen MR) is 88.0 cm³/mol. The second-order valence-corrected chi connectivity index (χ2v) is 5.94. The number of hydrogen-bond donors (Lipinski definition) is 1. The summed E-state index contributed by atoms with van der Waals surface area (Å²) >= 11 is 0. The van der Waals surface area contributed by atoms with Crippen LogP contribution in [-0.2, 0) is 13.0 Å². The maximum absolute atomic E-state index is 6.01. The van der Waals surface area contributed by atoms with E-state index < -0.39 is 0 Å². The van der Waals surface area contributed by atoms with Crippen molar-refractivity contribution < 1.29 is 0 Å². The van der Waals surface area contributed by atoms with E-state index >= 15 is 0 Å². The number of benzene rings is 1. The van der Waals surface area contributed by atoms with Gasteiger partial charge in [-0.25, -0.2) is 0 Å². The summed E-state index contributed by atoms with van der Waals surface area (Å²) in [6.45, 7) is 6.93. The average Bonchev–Trinajstić information content (AvgIpc) is 2.46. The molecule has 21 heavy (non-hydrogen) atoms. The van der Waals surface area contributed by atoms with Crippen LogP contribution in [-0.4, -0.2) is 11.0 Å². The second kappa shape index (κ2) is 5.49. The summed E-state index contributed by atoms with van der Waals surface area (Å²) in [5.74, 6) is 0. The van der Waals surface area contributed by atoms with E-state index in [2.05, 4.69) is 61.0 Å². The standard InChI is InChI=1S/C18H23N3/c1-12-10-18(16(11-19)14(3)20-12)21-13(2)8-9-15-6-4-5-7-17(15)21/h4-7,10,13H,8-9,11,19H2,1-3H3. The smallest absolute Gasteiger partial charge is 0.0495 e. The average molecular weight is 281 g/mol. The minimum atomic E-state index is 0.478. The Balaban J connectivity index is 2.20. The van der Waals surface area contributed by atoms with Crippen LogP contribution >= 0.6 is 0 Å². The summed E-state index contributed by atoms with van der Waals surface area (Å²) in [5.41, 5.74) is 13.2. The van der Waals surface area contributed by atoms with E-state index in [9.17, 15) is 0 Å². The van der Waals surface area contributed by atoms with E-state index in [4.69, 9.17) is 5.73 Å². The number of pyridine rings is 1. The van der Waals surface area contributed by atoms with Crippen molar-refractivity contribution in [3.63, 3.8) is 0 Å². The van der Waals surface area contributed by atoms with E-state index in [0.29, 0.717) is 12.6 Å². The van der Waals surface area contributed by atoms with Crippen molar-refractivity contribution >= 4 is 11.4 Å². The molecule has 3 rings (SSSR count). The van der Waals surface area contributed by atoms with Gasteiger partial charge in [-0.1, -0.05) is 18.2 Å². The zero-order chi connectivity index (χ0) is 15.0. The van der Waals surface area contributed by atoms with Gasteiger partial charge in [-0.15, -0.1) is 0 Å². The van der Waals surface area contributed by atoms with E-state index in [0.717, 1.165) is 23.4 Å². The van der Waals surface area contributed by atoms with Crippen molar-refractivity contribution in [2.24, 2.45) is 5.73 Å². The lowest BCUT2D eigenvalue weighted by atomic mass is 9.95. The van der Waals surface area contributed by atoms with Crippen molar-refractivity contribution in [1.82, 2.24) is 4.98 Å². The summed E-state index contributed by atoms with van der Waals surface area (Å²) in [5, 5.41) is 0. The van der Waals surface area contributed by atoms with E-state index in [1.165, 1.54) is 23.4 Å². The Hall–Kier alpha value is -1.87. The van der Waals surface area contributed by atoms with Crippen LogP contribution < -0.4 is 10.6 Å². The summed E-state index contributed by atoms with van der Waals surface area (Å²) in [6, 6.07) is 11.3. The maximum atomic E-state index is 6.01. The molecule has 1 atom stereocenters. The number of nitrogens with zero attached hydrogens (tertiary/aromatic N) is 2. The first-order valence-electron chi connectivity index (χ1n) is 7.66. The lowest BCUT2D eigenvalue weighted by molar-refractivity contribution is 0.615. The monoisotopic (exact) mass is 281 g/mol. The SMILES string of the molecule is Cc1cc(N2c3ccccc3CCC2C)c(CN)c(C)n1. The maximum Gasteiger partial charge on any atom is 0.0495 e. The lowest BCUT2D eigenvalue weighted by Crippen LogP contribution is -2.34. The number of hydrogen-bond acceptors (Lipinski definition) is 3. The first-order valence-corrected chi connectivity index (χ1v) is 7.66. The van der Waals surface area contributed by atoms with Crippen LogP contribution in [0.3, 0.4) is 0 Å². The van der Waals surface area contributed by atoms with Gasteiger partial charge < -0.3 is 10.6 Å². The topological polar surface area (TPSA) is 42.1 Å². The Bertz CT molecular complexity index is 664. The van der Waals surface area contributed by atoms with Crippen LogP contribution in [0.15, 0.2) is 30.3 Å². The van der Waals surface area contributed by atoms with E-state index in [1.54, 1.807) is 0 Å². The number of anilines is 2. The molecular weight excluding hydrogens is 258 g/mol. The third-order valence-corrected chi connectivity index (χ3v) is 4.42. The number of aryl methyl sites for hydroxylation is 3. The Morgan fingerprint density at radius 3 is 2.76 bits per heavy atom. The highest BCUT2D eigenvalue weighted by atomic mass is 15.2. The van der Waals surface area contributed by atoms with Gasteiger partial charge in [0.1, 0.15) is 0 Å². The van der Waals surface area contributed by atoms with E-state index in [-0.39, 0.29) is 0 Å². The summed E-state index contributed by atoms with van der Waals surface area (Å²) in [6.07, 6.45) is 2.32. The second-order valence-electron chi connectivity index (χ2n) is 5.94. The van der Waals surface area contributed by atoms with Gasteiger partial charge in [-0.3, -0.25) is 4.98 Å². The molecule has 1 aromatic carbocycles. The molecule has 0 radical (unpaired) electrons. The predicted octanol–water partition coefficient (Wildman–Crippen LogP) is 3.63. The fraction of sp³-hybridized carbons (Fsp3) is 0.389. The van der Waals surface area contributed by atoms with Crippen molar-refractivity contribution in [3.8, 4) is 0 Å². The molecule has 0 fully saturated rings. The number of para-hydroxylation sites is 1. The fourth-order valence-corrected chi connectivity index (χ4v) is 3.36. The molecule has 2 N–H and O–H groups in total. The van der Waals surface area contributed by atoms with Gasteiger partial charge in [-0.05, 0) is 51.3 Å². The van der Waals surface area contributed by atoms with Gasteiger partial charge in [-0.2, -0.15) is 0 Å². The number of fused-ring (bicyclic) bond motifs is 1. The van der Waals surface area contributed by atoms with Crippen LogP contribution in [0.1, 0.15) is 35.9 Å². The van der Waals surface area contributed by atoms with Gasteiger partial charge in [0, 0.05) is 40.9 Å². The van der Waals surface area contributed by atoms with Crippen molar-refractivity contribution in [1.29, 1.82) is 0 Å². The van der Waals surface area contributed by atoms with Gasteiger partial charge in [0.05, 0.1) is 0 Å². The Kier molecular flexibility index (Phi) is 3.68. The minimum absolute atomic E-state index is 0.478. The fourth-order valence-electron chi connectivity index (χ4n) is 3.36. The third-order valence-electron chi connectivity index (χ3n) is 4.42. The van der Waals surface area contributed by atoms with Crippen LogP contribution in [0, 0.1) is 13.8 Å². The molecule has 3 heteroatoms. The molecule has 0 saturated heterocycles. The zero-order valence-electron chi connectivity index (χ0n) is 13.1. The zero-order valence-corrected chi connectivity index (χ0v) is 13.1. The van der Waals surface area contributed by atoms with Gasteiger partial charge in [0.2, 0.25) is 0 Å². The highest BCUT2D eigenvalue weighted by Crippen LogP contribution is 2.39. The molecule has 1 unspecified atom stereocenters. The number of aromatic nitrogens is 1. The molecule has 0 spiro atoms. The summed E-state index contributed by atoms with van der Waals surface area (Å²) in [4.78, 5) is 7.02. The van der Waals surface area contributed by atoms with Crippen molar-refractivity contribution in [3.05, 3.63) is 52.8 Å². The highest BCUT2D eigenvalue weighted by molar-refractivity contribution is 5.72. The van der Waals surface area contributed by atoms with Gasteiger partial charge in [0.15, 0.2) is 0 Å². The van der Waals surface area contributed by atoms with Crippen molar-refractivity contribution in [2.45, 2.75) is 46.2 Å². The normalized spacial score (nSPS) is 17.7.